The fourth-order valence-corrected chi connectivity index (χ4v) is 2.56. The maximum Gasteiger partial charge on any atom is 0.488 e. The van der Waals surface area contributed by atoms with Gasteiger partial charge in [0, 0.05) is 16.7 Å². The predicted molar refractivity (Wildman–Crippen MR) is 114 cm³/mol. The van der Waals surface area contributed by atoms with Crippen LogP contribution in [-0.2, 0) is 0 Å². The second-order valence-corrected chi connectivity index (χ2v) is 6.08. The zero-order chi connectivity index (χ0) is 19.9. The molecule has 3 rings (SSSR count). The number of nitrogens with zero attached hydrogens (tertiary/aromatic N) is 3. The van der Waals surface area contributed by atoms with E-state index < -0.39 is 7.12 Å². The van der Waals surface area contributed by atoms with Gasteiger partial charge in [-0.1, -0.05) is 85.5 Å². The van der Waals surface area contributed by atoms with Crippen LogP contribution >= 0.6 is 0 Å². The summed E-state index contributed by atoms with van der Waals surface area (Å²) in [6.07, 6.45) is 7.53. The molecule has 0 bridgehead atoms. The van der Waals surface area contributed by atoms with Crippen LogP contribution in [0, 0.1) is 0 Å². The van der Waals surface area contributed by atoms with Crippen molar-refractivity contribution in [3.05, 3.63) is 91.3 Å². The molecular formula is C22H20BN3O2. The van der Waals surface area contributed by atoms with Crippen LogP contribution in [0.1, 0.15) is 12.7 Å². The summed E-state index contributed by atoms with van der Waals surface area (Å²) in [6.45, 7) is 5.99. The molecule has 6 heteroatoms. The van der Waals surface area contributed by atoms with Gasteiger partial charge < -0.3 is 10.0 Å². The SMILES string of the molecule is C=C(/C=C\C=C/C)c1nc(-c2ccccc2)nc(-c2cccc(B(O)O)c2)n1. The van der Waals surface area contributed by atoms with Gasteiger partial charge >= 0.3 is 7.12 Å². The molecule has 2 aromatic carbocycles. The molecule has 5 nitrogen and oxygen atoms in total. The monoisotopic (exact) mass is 369 g/mol. The van der Waals surface area contributed by atoms with Crippen LogP contribution in [0.3, 0.4) is 0 Å². The molecule has 0 unspecified atom stereocenters. The third-order valence-corrected chi connectivity index (χ3v) is 4.00. The van der Waals surface area contributed by atoms with Crippen LogP contribution in [0.15, 0.2) is 85.5 Å². The zero-order valence-electron chi connectivity index (χ0n) is 15.5. The van der Waals surface area contributed by atoms with Gasteiger partial charge in [-0.2, -0.15) is 0 Å². The minimum atomic E-state index is -1.56. The number of benzene rings is 2. The van der Waals surface area contributed by atoms with Gasteiger partial charge in [-0.3, -0.25) is 0 Å². The third-order valence-electron chi connectivity index (χ3n) is 4.00. The van der Waals surface area contributed by atoms with E-state index in [9.17, 15) is 10.0 Å². The topological polar surface area (TPSA) is 79.1 Å². The first kappa shape index (κ1) is 19.4. The highest BCUT2D eigenvalue weighted by Gasteiger charge is 2.15. The molecule has 0 radical (unpaired) electrons. The van der Waals surface area contributed by atoms with Gasteiger partial charge in [0.25, 0.3) is 0 Å². The second-order valence-electron chi connectivity index (χ2n) is 6.08. The van der Waals surface area contributed by atoms with E-state index >= 15 is 0 Å². The van der Waals surface area contributed by atoms with E-state index in [0.29, 0.717) is 34.1 Å². The summed E-state index contributed by atoms with van der Waals surface area (Å²) in [5.74, 6) is 1.42. The number of allylic oxidation sites excluding steroid dienone is 5. The molecule has 0 atom stereocenters. The molecule has 138 valence electrons. The van der Waals surface area contributed by atoms with E-state index in [1.807, 2.05) is 67.6 Å². The van der Waals surface area contributed by atoms with Gasteiger partial charge in [-0.05, 0) is 12.4 Å². The van der Waals surface area contributed by atoms with Gasteiger partial charge in [0.2, 0.25) is 0 Å². The molecule has 2 N–H and O–H groups in total. The van der Waals surface area contributed by atoms with Crippen molar-refractivity contribution in [2.75, 3.05) is 0 Å². The van der Waals surface area contributed by atoms with Crippen LogP contribution in [-0.4, -0.2) is 32.1 Å². The lowest BCUT2D eigenvalue weighted by Crippen LogP contribution is -2.29. The molecule has 28 heavy (non-hydrogen) atoms. The van der Waals surface area contributed by atoms with Crippen LogP contribution < -0.4 is 5.46 Å². The van der Waals surface area contributed by atoms with E-state index in [1.165, 1.54) is 0 Å². The molecule has 0 saturated carbocycles. The van der Waals surface area contributed by atoms with Crippen molar-refractivity contribution in [2.45, 2.75) is 6.92 Å². The zero-order valence-corrected chi connectivity index (χ0v) is 15.5. The Morgan fingerprint density at radius 1 is 0.893 bits per heavy atom. The smallest absolute Gasteiger partial charge is 0.423 e. The van der Waals surface area contributed by atoms with Crippen molar-refractivity contribution < 1.29 is 10.0 Å². The third kappa shape index (κ3) is 4.68. The van der Waals surface area contributed by atoms with Crippen molar-refractivity contribution >= 4 is 18.2 Å². The van der Waals surface area contributed by atoms with Crippen LogP contribution in [0.5, 0.6) is 0 Å². The summed E-state index contributed by atoms with van der Waals surface area (Å²) in [6, 6.07) is 16.4. The Hall–Kier alpha value is -3.35. The predicted octanol–water partition coefficient (Wildman–Crippen LogP) is 3.03. The van der Waals surface area contributed by atoms with Crippen LogP contribution in [0.25, 0.3) is 28.3 Å². The van der Waals surface area contributed by atoms with Gasteiger partial charge in [-0.25, -0.2) is 15.0 Å². The Morgan fingerprint density at radius 3 is 2.25 bits per heavy atom. The van der Waals surface area contributed by atoms with Gasteiger partial charge in [0.1, 0.15) is 0 Å². The van der Waals surface area contributed by atoms with Crippen LogP contribution in [0.4, 0.5) is 0 Å². The van der Waals surface area contributed by atoms with E-state index in [1.54, 1.807) is 18.2 Å². The van der Waals surface area contributed by atoms with Crippen molar-refractivity contribution in [1.82, 2.24) is 15.0 Å². The number of hydrogen-bond donors (Lipinski definition) is 2. The highest BCUT2D eigenvalue weighted by molar-refractivity contribution is 6.58. The molecule has 0 fully saturated rings. The largest absolute Gasteiger partial charge is 0.488 e. The maximum atomic E-state index is 9.46. The van der Waals surface area contributed by atoms with Crippen molar-refractivity contribution in [1.29, 1.82) is 0 Å². The molecule has 0 aliphatic carbocycles. The van der Waals surface area contributed by atoms with E-state index in [-0.39, 0.29) is 0 Å². The fourth-order valence-electron chi connectivity index (χ4n) is 2.56. The molecular weight excluding hydrogens is 349 g/mol. The summed E-state index contributed by atoms with van der Waals surface area (Å²) in [4.78, 5) is 13.7. The first-order chi connectivity index (χ1) is 13.6. The standard InChI is InChI=1S/C22H20BN3O2/c1-3-4-6-10-16(2)20-24-21(17-11-7-5-8-12-17)26-22(25-20)18-13-9-14-19(15-18)23(27)28/h3-15,27-28H,2H2,1H3/b4-3-,10-6-. The Balaban J connectivity index is 2.12. The summed E-state index contributed by atoms with van der Waals surface area (Å²) < 4.78 is 0. The molecule has 3 aromatic rings. The summed E-state index contributed by atoms with van der Waals surface area (Å²) in [5.41, 5.74) is 2.54. The molecule has 0 aliphatic heterocycles. The number of rotatable bonds is 6. The first-order valence-electron chi connectivity index (χ1n) is 8.85. The summed E-state index contributed by atoms with van der Waals surface area (Å²) >= 11 is 0. The lowest BCUT2D eigenvalue weighted by Gasteiger charge is -2.09. The van der Waals surface area contributed by atoms with Crippen molar-refractivity contribution in [2.24, 2.45) is 0 Å². The number of hydrogen-bond acceptors (Lipinski definition) is 5. The average molecular weight is 369 g/mol. The molecule has 0 spiro atoms. The minimum Gasteiger partial charge on any atom is -0.423 e. The first-order valence-corrected chi connectivity index (χ1v) is 8.85. The minimum absolute atomic E-state index is 0.368. The molecule has 0 aliphatic rings. The molecule has 0 amide bonds. The van der Waals surface area contributed by atoms with Crippen LogP contribution in [0.2, 0.25) is 0 Å². The lowest BCUT2D eigenvalue weighted by atomic mass is 9.79. The Bertz CT molecular complexity index is 1030. The normalized spacial score (nSPS) is 11.2. The molecule has 1 heterocycles. The average Bonchev–Trinajstić information content (AvgIpc) is 2.74. The van der Waals surface area contributed by atoms with Gasteiger partial charge in [0.05, 0.1) is 0 Å². The van der Waals surface area contributed by atoms with E-state index in [2.05, 4.69) is 21.5 Å². The molecule has 0 saturated heterocycles. The Kier molecular flexibility index (Phi) is 6.27. The van der Waals surface area contributed by atoms with E-state index in [4.69, 9.17) is 0 Å². The molecule has 1 aromatic heterocycles. The van der Waals surface area contributed by atoms with Gasteiger partial charge in [0.15, 0.2) is 17.5 Å². The Morgan fingerprint density at radius 2 is 1.57 bits per heavy atom. The Labute approximate surface area is 164 Å². The summed E-state index contributed by atoms with van der Waals surface area (Å²) in [7, 11) is -1.56. The second kappa shape index (κ2) is 9.04. The fraction of sp³-hybridized carbons (Fsp3) is 0.0455. The quantitative estimate of drug-likeness (QED) is 0.516. The summed E-state index contributed by atoms with van der Waals surface area (Å²) in [5, 5.41) is 18.9. The lowest BCUT2D eigenvalue weighted by molar-refractivity contribution is 0.426. The highest BCUT2D eigenvalue weighted by atomic mass is 16.4. The van der Waals surface area contributed by atoms with E-state index in [0.717, 1.165) is 5.56 Å². The van der Waals surface area contributed by atoms with Gasteiger partial charge in [-0.15, -0.1) is 0 Å². The maximum absolute atomic E-state index is 9.46. The highest BCUT2D eigenvalue weighted by Crippen LogP contribution is 2.22. The van der Waals surface area contributed by atoms with Crippen molar-refractivity contribution in [3.8, 4) is 22.8 Å². The number of aromatic nitrogens is 3. The van der Waals surface area contributed by atoms with Crippen molar-refractivity contribution in [3.63, 3.8) is 0 Å².